The van der Waals surface area contributed by atoms with Crippen LogP contribution in [0.2, 0.25) is 0 Å². The van der Waals surface area contributed by atoms with Crippen molar-refractivity contribution in [2.45, 2.75) is 58.9 Å². The van der Waals surface area contributed by atoms with Crippen LogP contribution >= 0.6 is 0 Å². The minimum absolute atomic E-state index is 0.0305. The van der Waals surface area contributed by atoms with Crippen molar-refractivity contribution in [3.8, 4) is 0 Å². The van der Waals surface area contributed by atoms with Crippen LogP contribution in [0, 0.1) is 11.3 Å². The second-order valence-corrected chi connectivity index (χ2v) is 8.83. The van der Waals surface area contributed by atoms with E-state index >= 15 is 0 Å². The number of ether oxygens (including phenoxy) is 1. The lowest BCUT2D eigenvalue weighted by molar-refractivity contribution is 0.0774. The summed E-state index contributed by atoms with van der Waals surface area (Å²) in [4.78, 5) is 7.48. The molecule has 0 amide bonds. The summed E-state index contributed by atoms with van der Waals surface area (Å²) in [7, 11) is 0. The van der Waals surface area contributed by atoms with Crippen LogP contribution in [0.3, 0.4) is 0 Å². The van der Waals surface area contributed by atoms with Crippen molar-refractivity contribution in [3.63, 3.8) is 0 Å². The first kappa shape index (κ1) is 21.5. The Morgan fingerprint density at radius 1 is 1.38 bits per heavy atom. The number of aliphatic hydroxyl groups excluding tert-OH is 1. The fraction of sp³-hybridized carbons (Fsp3) is 0.950. The number of rotatable bonds is 8. The van der Waals surface area contributed by atoms with Gasteiger partial charge in [-0.2, -0.15) is 0 Å². The van der Waals surface area contributed by atoms with E-state index in [0.717, 1.165) is 57.6 Å². The molecule has 0 radical (unpaired) electrons. The van der Waals surface area contributed by atoms with Crippen LogP contribution in [0.25, 0.3) is 0 Å². The Labute approximate surface area is 159 Å². The summed E-state index contributed by atoms with van der Waals surface area (Å²) in [6, 6.07) is 0. The number of aliphatic imine (C=N–C) groups is 1. The minimum Gasteiger partial charge on any atom is -0.396 e. The van der Waals surface area contributed by atoms with Gasteiger partial charge in [-0.25, -0.2) is 0 Å². The van der Waals surface area contributed by atoms with Crippen LogP contribution in [0.4, 0.5) is 0 Å². The lowest BCUT2D eigenvalue weighted by atomic mass is 9.84. The Morgan fingerprint density at radius 2 is 2.19 bits per heavy atom. The first-order valence-corrected chi connectivity index (χ1v) is 10.4. The van der Waals surface area contributed by atoms with Crippen molar-refractivity contribution < 1.29 is 9.84 Å². The fourth-order valence-electron chi connectivity index (χ4n) is 4.04. The van der Waals surface area contributed by atoms with Crippen LogP contribution in [-0.4, -0.2) is 74.0 Å². The van der Waals surface area contributed by atoms with E-state index in [-0.39, 0.29) is 17.6 Å². The van der Waals surface area contributed by atoms with Crippen LogP contribution in [0.1, 0.15) is 53.4 Å². The first-order valence-electron chi connectivity index (χ1n) is 10.4. The highest BCUT2D eigenvalue weighted by molar-refractivity contribution is 5.79. The third-order valence-corrected chi connectivity index (χ3v) is 5.94. The van der Waals surface area contributed by atoms with Gasteiger partial charge in [-0.05, 0) is 58.9 Å². The molecular weight excluding hydrogens is 328 g/mol. The molecule has 0 saturated carbocycles. The molecule has 2 aliphatic heterocycles. The van der Waals surface area contributed by atoms with Crippen molar-refractivity contribution in [2.24, 2.45) is 16.3 Å². The third-order valence-electron chi connectivity index (χ3n) is 5.94. The molecule has 0 bridgehead atoms. The van der Waals surface area contributed by atoms with Crippen molar-refractivity contribution in [2.75, 3.05) is 52.5 Å². The third kappa shape index (κ3) is 6.10. The summed E-state index contributed by atoms with van der Waals surface area (Å²) >= 11 is 0. The molecule has 0 aromatic carbocycles. The number of hydrogen-bond donors (Lipinski definition) is 3. The molecule has 2 aliphatic rings. The van der Waals surface area contributed by atoms with Gasteiger partial charge in [0.2, 0.25) is 0 Å². The molecule has 152 valence electrons. The SMILES string of the molecule is CCNC(=NCC(C)(C)N1CCCC(C)C1)NCC1(CCO)CCOC1. The molecule has 6 nitrogen and oxygen atoms in total. The van der Waals surface area contributed by atoms with Gasteiger partial charge in [-0.3, -0.25) is 9.89 Å². The first-order chi connectivity index (χ1) is 12.4. The summed E-state index contributed by atoms with van der Waals surface area (Å²) < 4.78 is 5.59. The molecule has 0 aliphatic carbocycles. The maximum atomic E-state index is 9.40. The van der Waals surface area contributed by atoms with E-state index in [9.17, 15) is 5.11 Å². The van der Waals surface area contributed by atoms with Gasteiger partial charge >= 0.3 is 0 Å². The van der Waals surface area contributed by atoms with Crippen molar-refractivity contribution in [1.82, 2.24) is 15.5 Å². The largest absolute Gasteiger partial charge is 0.396 e. The zero-order valence-electron chi connectivity index (χ0n) is 17.3. The maximum Gasteiger partial charge on any atom is 0.191 e. The van der Waals surface area contributed by atoms with E-state index in [4.69, 9.17) is 9.73 Å². The Kier molecular flexibility index (Phi) is 8.17. The van der Waals surface area contributed by atoms with Crippen molar-refractivity contribution in [3.05, 3.63) is 0 Å². The van der Waals surface area contributed by atoms with Gasteiger partial charge in [0.05, 0.1) is 13.2 Å². The minimum atomic E-state index is 0.0305. The highest BCUT2D eigenvalue weighted by Gasteiger charge is 2.35. The Morgan fingerprint density at radius 3 is 2.81 bits per heavy atom. The zero-order valence-corrected chi connectivity index (χ0v) is 17.3. The Balaban J connectivity index is 1.94. The zero-order chi connectivity index (χ0) is 19.0. The number of aliphatic hydroxyl groups is 1. The van der Waals surface area contributed by atoms with E-state index in [2.05, 4.69) is 43.2 Å². The van der Waals surface area contributed by atoms with Gasteiger partial charge < -0.3 is 20.5 Å². The van der Waals surface area contributed by atoms with Crippen molar-refractivity contribution >= 4 is 5.96 Å². The summed E-state index contributed by atoms with van der Waals surface area (Å²) in [6.07, 6.45) is 4.40. The molecule has 2 unspecified atom stereocenters. The van der Waals surface area contributed by atoms with Gasteiger partial charge in [0, 0.05) is 43.8 Å². The summed E-state index contributed by atoms with van der Waals surface area (Å²) in [6.45, 7) is 15.5. The molecule has 3 N–H and O–H groups in total. The van der Waals surface area contributed by atoms with E-state index in [0.29, 0.717) is 0 Å². The quantitative estimate of drug-likeness (QED) is 0.451. The molecule has 0 aromatic rings. The number of piperidine rings is 1. The topological polar surface area (TPSA) is 69.1 Å². The van der Waals surface area contributed by atoms with Gasteiger partial charge in [-0.1, -0.05) is 6.92 Å². The second kappa shape index (κ2) is 9.90. The average Bonchev–Trinajstić information content (AvgIpc) is 3.07. The van der Waals surface area contributed by atoms with Gasteiger partial charge in [0.1, 0.15) is 0 Å². The molecule has 0 aromatic heterocycles. The standard InChI is InChI=1S/C20H40N4O2/c1-5-21-18(23-15-20(8-11-25)9-12-26-16-20)22-14-19(3,4)24-10-6-7-17(2)13-24/h17,25H,5-16H2,1-4H3,(H2,21,22,23). The van der Waals surface area contributed by atoms with E-state index in [1.54, 1.807) is 0 Å². The average molecular weight is 369 g/mol. The molecule has 6 heteroatoms. The smallest absolute Gasteiger partial charge is 0.191 e. The predicted octanol–water partition coefficient (Wildman–Crippen LogP) is 1.84. The summed E-state index contributed by atoms with van der Waals surface area (Å²) in [5, 5.41) is 16.3. The van der Waals surface area contributed by atoms with Crippen molar-refractivity contribution in [1.29, 1.82) is 0 Å². The monoisotopic (exact) mass is 368 g/mol. The second-order valence-electron chi connectivity index (χ2n) is 8.83. The van der Waals surface area contributed by atoms with Gasteiger partial charge in [0.25, 0.3) is 0 Å². The molecule has 0 spiro atoms. The van der Waals surface area contributed by atoms with Gasteiger partial charge in [-0.15, -0.1) is 0 Å². The molecule has 2 rings (SSSR count). The molecule has 26 heavy (non-hydrogen) atoms. The molecule has 2 saturated heterocycles. The van der Waals surface area contributed by atoms with E-state index in [1.807, 2.05) is 0 Å². The van der Waals surface area contributed by atoms with Crippen LogP contribution in [0.5, 0.6) is 0 Å². The lowest BCUT2D eigenvalue weighted by Crippen LogP contribution is -2.51. The van der Waals surface area contributed by atoms with E-state index in [1.165, 1.54) is 25.9 Å². The van der Waals surface area contributed by atoms with E-state index < -0.39 is 0 Å². The number of guanidine groups is 1. The van der Waals surface area contributed by atoms with Crippen LogP contribution in [-0.2, 0) is 4.74 Å². The number of nitrogens with one attached hydrogen (secondary N) is 2. The maximum absolute atomic E-state index is 9.40. The Hall–Kier alpha value is -0.850. The number of hydrogen-bond acceptors (Lipinski definition) is 4. The predicted molar refractivity (Wildman–Crippen MR) is 108 cm³/mol. The molecule has 2 heterocycles. The Bertz CT molecular complexity index is 447. The molecule has 2 atom stereocenters. The summed E-state index contributed by atoms with van der Waals surface area (Å²) in [5.41, 5.74) is 0.0963. The summed E-state index contributed by atoms with van der Waals surface area (Å²) in [5.74, 6) is 1.65. The number of likely N-dealkylation sites (tertiary alicyclic amines) is 1. The molecular formula is C20H40N4O2. The highest BCUT2D eigenvalue weighted by Crippen LogP contribution is 2.31. The molecule has 2 fully saturated rings. The fourth-order valence-corrected chi connectivity index (χ4v) is 4.04. The lowest BCUT2D eigenvalue weighted by Gasteiger charge is -2.42. The van der Waals surface area contributed by atoms with Crippen LogP contribution in [0.15, 0.2) is 4.99 Å². The highest BCUT2D eigenvalue weighted by atomic mass is 16.5. The van der Waals surface area contributed by atoms with Gasteiger partial charge in [0.15, 0.2) is 5.96 Å². The number of nitrogens with zero attached hydrogens (tertiary/aromatic N) is 2. The normalized spacial score (nSPS) is 28.3. The van der Waals surface area contributed by atoms with Crippen LogP contribution < -0.4 is 10.6 Å².